The molecular formula is C19H28O3. The van der Waals surface area contributed by atoms with E-state index < -0.39 is 0 Å². The van der Waals surface area contributed by atoms with E-state index in [1.807, 2.05) is 31.2 Å². The van der Waals surface area contributed by atoms with Crippen LogP contribution in [0.4, 0.5) is 0 Å². The second kappa shape index (κ2) is 10.3. The molecule has 2 atom stereocenters. The Balaban J connectivity index is 2.72. The first kappa shape index (κ1) is 18.6. The number of benzene rings is 1. The molecule has 0 amide bonds. The van der Waals surface area contributed by atoms with Gasteiger partial charge >= 0.3 is 0 Å². The topological polar surface area (TPSA) is 35.5 Å². The maximum Gasteiger partial charge on any atom is 0.147 e. The fourth-order valence-corrected chi connectivity index (χ4v) is 2.54. The van der Waals surface area contributed by atoms with Crippen molar-refractivity contribution in [2.75, 3.05) is 13.9 Å². The Kier molecular flexibility index (Phi) is 8.71. The van der Waals surface area contributed by atoms with Crippen LogP contribution in [0.25, 0.3) is 6.08 Å². The van der Waals surface area contributed by atoms with Gasteiger partial charge in [-0.3, -0.25) is 4.79 Å². The lowest BCUT2D eigenvalue weighted by molar-refractivity contribution is -0.119. The molecule has 0 aliphatic rings. The summed E-state index contributed by atoms with van der Waals surface area (Å²) >= 11 is 0. The van der Waals surface area contributed by atoms with Crippen LogP contribution < -0.4 is 0 Å². The van der Waals surface area contributed by atoms with E-state index in [-0.39, 0.29) is 12.9 Å². The molecule has 122 valence electrons. The van der Waals surface area contributed by atoms with Gasteiger partial charge in [-0.1, -0.05) is 50.8 Å². The van der Waals surface area contributed by atoms with Gasteiger partial charge < -0.3 is 9.47 Å². The molecular weight excluding hydrogens is 276 g/mol. The van der Waals surface area contributed by atoms with Crippen molar-refractivity contribution in [1.29, 1.82) is 0 Å². The van der Waals surface area contributed by atoms with Gasteiger partial charge in [0.1, 0.15) is 12.6 Å². The van der Waals surface area contributed by atoms with Gasteiger partial charge in [-0.05, 0) is 29.9 Å². The molecule has 1 aromatic carbocycles. The molecule has 0 fully saturated rings. The third-order valence-corrected chi connectivity index (χ3v) is 3.84. The molecule has 0 spiro atoms. The first-order chi connectivity index (χ1) is 10.6. The minimum atomic E-state index is -0.0340. The number of hydrogen-bond donors (Lipinski definition) is 0. The normalized spacial score (nSPS) is 13.6. The van der Waals surface area contributed by atoms with E-state index in [0.717, 1.165) is 24.0 Å². The number of ketones is 1. The van der Waals surface area contributed by atoms with Gasteiger partial charge in [-0.15, -0.1) is 0 Å². The zero-order valence-electron chi connectivity index (χ0n) is 14.0. The Bertz CT molecular complexity index is 468. The highest BCUT2D eigenvalue weighted by Gasteiger charge is 2.17. The monoisotopic (exact) mass is 304 g/mol. The van der Waals surface area contributed by atoms with Crippen molar-refractivity contribution in [3.63, 3.8) is 0 Å². The summed E-state index contributed by atoms with van der Waals surface area (Å²) in [6.45, 7) is 8.17. The fourth-order valence-electron chi connectivity index (χ4n) is 2.54. The van der Waals surface area contributed by atoms with Crippen LogP contribution in [0.1, 0.15) is 56.8 Å². The van der Waals surface area contributed by atoms with E-state index >= 15 is 0 Å². The number of carbonyl (C=O) groups is 1. The average Bonchev–Trinajstić information content (AvgIpc) is 2.54. The van der Waals surface area contributed by atoms with Crippen LogP contribution in [-0.2, 0) is 14.3 Å². The predicted molar refractivity (Wildman–Crippen MR) is 90.5 cm³/mol. The summed E-state index contributed by atoms with van der Waals surface area (Å²) in [6.07, 6.45) is 4.90. The highest BCUT2D eigenvalue weighted by Crippen LogP contribution is 2.29. The lowest BCUT2D eigenvalue weighted by atomic mass is 9.92. The van der Waals surface area contributed by atoms with E-state index in [0.29, 0.717) is 24.5 Å². The second-order valence-corrected chi connectivity index (χ2v) is 5.67. The maximum atomic E-state index is 11.5. The van der Waals surface area contributed by atoms with E-state index in [1.54, 1.807) is 7.11 Å². The number of hydrogen-bond acceptors (Lipinski definition) is 3. The lowest BCUT2D eigenvalue weighted by Gasteiger charge is -2.21. The van der Waals surface area contributed by atoms with Crippen LogP contribution >= 0.6 is 0 Å². The molecule has 1 unspecified atom stereocenters. The number of ether oxygens (including phenoxy) is 2. The second-order valence-electron chi connectivity index (χ2n) is 5.67. The SMILES string of the molecule is C=Cc1ccccc1C(CC[C@H](C)CC(=O)CC)OCOC. The molecule has 22 heavy (non-hydrogen) atoms. The highest BCUT2D eigenvalue weighted by atomic mass is 16.7. The van der Waals surface area contributed by atoms with Gasteiger partial charge in [0.2, 0.25) is 0 Å². The Labute approximate surface area is 134 Å². The van der Waals surface area contributed by atoms with Gasteiger partial charge in [-0.25, -0.2) is 0 Å². The van der Waals surface area contributed by atoms with Gasteiger partial charge in [0, 0.05) is 20.0 Å². The van der Waals surface area contributed by atoms with Crippen LogP contribution in [0, 0.1) is 5.92 Å². The van der Waals surface area contributed by atoms with Crippen molar-refractivity contribution >= 4 is 11.9 Å². The quantitative estimate of drug-likeness (QED) is 0.552. The van der Waals surface area contributed by atoms with Crippen molar-refractivity contribution in [3.05, 3.63) is 42.0 Å². The Morgan fingerprint density at radius 2 is 2.05 bits per heavy atom. The van der Waals surface area contributed by atoms with Crippen molar-refractivity contribution in [3.8, 4) is 0 Å². The Hall–Kier alpha value is -1.45. The zero-order valence-corrected chi connectivity index (χ0v) is 14.0. The van der Waals surface area contributed by atoms with E-state index in [2.05, 4.69) is 19.6 Å². The largest absolute Gasteiger partial charge is 0.359 e. The maximum absolute atomic E-state index is 11.5. The number of Topliss-reactive ketones (excluding diaryl/α,β-unsaturated/α-hetero) is 1. The number of rotatable bonds is 11. The number of carbonyl (C=O) groups excluding carboxylic acids is 1. The molecule has 1 rings (SSSR count). The average molecular weight is 304 g/mol. The Morgan fingerprint density at radius 1 is 1.32 bits per heavy atom. The first-order valence-electron chi connectivity index (χ1n) is 7.95. The third kappa shape index (κ3) is 6.12. The van der Waals surface area contributed by atoms with Crippen molar-refractivity contribution < 1.29 is 14.3 Å². The molecule has 0 aromatic heterocycles. The van der Waals surface area contributed by atoms with Gasteiger partial charge in [-0.2, -0.15) is 0 Å². The summed E-state index contributed by atoms with van der Waals surface area (Å²) in [6, 6.07) is 8.11. The molecule has 0 heterocycles. The first-order valence-corrected chi connectivity index (χ1v) is 7.95. The van der Waals surface area contributed by atoms with Crippen molar-refractivity contribution in [2.45, 2.75) is 45.6 Å². The van der Waals surface area contributed by atoms with E-state index in [4.69, 9.17) is 9.47 Å². The fraction of sp³-hybridized carbons (Fsp3) is 0.526. The number of methoxy groups -OCH3 is 1. The lowest BCUT2D eigenvalue weighted by Crippen LogP contribution is -2.11. The Morgan fingerprint density at radius 3 is 2.68 bits per heavy atom. The summed E-state index contributed by atoms with van der Waals surface area (Å²) in [5.74, 6) is 0.699. The molecule has 0 saturated carbocycles. The van der Waals surface area contributed by atoms with Crippen LogP contribution in [0.15, 0.2) is 30.8 Å². The summed E-state index contributed by atoms with van der Waals surface area (Å²) in [5.41, 5.74) is 2.21. The molecule has 3 nitrogen and oxygen atoms in total. The van der Waals surface area contributed by atoms with E-state index in [1.165, 1.54) is 0 Å². The van der Waals surface area contributed by atoms with E-state index in [9.17, 15) is 4.79 Å². The predicted octanol–water partition coefficient (Wildman–Crippen LogP) is 4.78. The molecule has 0 bridgehead atoms. The standard InChI is InChI=1S/C19H28O3/c1-5-16-9-7-8-10-18(16)19(22-14-21-4)12-11-15(3)13-17(20)6-2/h5,7-10,15,19H,1,6,11-14H2,2-4H3/t15-,19?/m0/s1. The minimum absolute atomic E-state index is 0.0340. The molecule has 1 aromatic rings. The summed E-state index contributed by atoms with van der Waals surface area (Å²) < 4.78 is 10.9. The molecule has 0 saturated heterocycles. The molecule has 0 aliphatic carbocycles. The van der Waals surface area contributed by atoms with Gasteiger partial charge in [0.25, 0.3) is 0 Å². The van der Waals surface area contributed by atoms with Gasteiger partial charge in [0.05, 0.1) is 6.10 Å². The molecule has 0 N–H and O–H groups in total. The van der Waals surface area contributed by atoms with Crippen molar-refractivity contribution in [1.82, 2.24) is 0 Å². The van der Waals surface area contributed by atoms with Crippen LogP contribution in [0.5, 0.6) is 0 Å². The van der Waals surface area contributed by atoms with Crippen LogP contribution in [0.2, 0.25) is 0 Å². The van der Waals surface area contributed by atoms with Gasteiger partial charge in [0.15, 0.2) is 0 Å². The third-order valence-electron chi connectivity index (χ3n) is 3.84. The summed E-state index contributed by atoms with van der Waals surface area (Å²) in [5, 5.41) is 0. The van der Waals surface area contributed by atoms with Crippen molar-refractivity contribution in [2.24, 2.45) is 5.92 Å². The summed E-state index contributed by atoms with van der Waals surface area (Å²) in [4.78, 5) is 11.5. The molecule has 3 heteroatoms. The highest BCUT2D eigenvalue weighted by molar-refractivity contribution is 5.78. The van der Waals surface area contributed by atoms with Crippen LogP contribution in [0.3, 0.4) is 0 Å². The van der Waals surface area contributed by atoms with Crippen LogP contribution in [-0.4, -0.2) is 19.7 Å². The molecule has 0 aliphatic heterocycles. The smallest absolute Gasteiger partial charge is 0.147 e. The summed E-state index contributed by atoms with van der Waals surface area (Å²) in [7, 11) is 1.62. The zero-order chi connectivity index (χ0) is 16.4. The minimum Gasteiger partial charge on any atom is -0.359 e. The molecule has 0 radical (unpaired) electrons.